The topological polar surface area (TPSA) is 138 Å². The Hall–Kier alpha value is -4.43. The molecule has 2 N–H and O–H groups in total. The number of ether oxygens (including phenoxy) is 1. The van der Waals surface area contributed by atoms with E-state index in [0.29, 0.717) is 31.6 Å². The average Bonchev–Trinajstić information content (AvgIpc) is 3.33. The molecular formula is C41H50F3N7O5S. The molecule has 1 saturated carbocycles. The summed E-state index contributed by atoms with van der Waals surface area (Å²) in [6, 6.07) is 12.3. The number of rotatable bonds is 11. The van der Waals surface area contributed by atoms with Gasteiger partial charge in [0.05, 0.1) is 41.5 Å². The number of hydrogen-bond acceptors (Lipinski definition) is 9. The normalized spacial score (nSPS) is 26.0. The standard InChI is InChI=1S/C41H50F3N7O5S/c1-25-22-48(23-26(2)49(25)24-36(53)46-29-8-5-7-27(19-29)33-15-16-35(52)47-37(33)54)17-6-18-56-32-13-11-30(12-14-32)51-39(57)50(38(55)40(51,3)4)31-10-9-28(21-45)34(20-31)41(42,43)44/h5,7-10,19-20,25-26,30,32-33H,6,11-18,22-24H2,1-4H3,(H,46,53)(H,47,52,54)/t25-,26+,30?,32?,33?. The molecule has 2 aromatic carbocycles. The molecular weight excluding hydrogens is 760 g/mol. The van der Waals surface area contributed by atoms with Crippen LogP contribution in [-0.4, -0.2) is 106 Å². The van der Waals surface area contributed by atoms with E-state index in [-0.39, 0.29) is 65.7 Å². The molecule has 1 unspecified atom stereocenters. The van der Waals surface area contributed by atoms with Crippen LogP contribution in [0.3, 0.4) is 0 Å². The van der Waals surface area contributed by atoms with Crippen molar-refractivity contribution in [1.82, 2.24) is 20.0 Å². The lowest BCUT2D eigenvalue weighted by Crippen LogP contribution is -2.58. The van der Waals surface area contributed by atoms with E-state index in [9.17, 15) is 37.6 Å². The zero-order valence-corrected chi connectivity index (χ0v) is 33.5. The molecule has 12 nitrogen and oxygen atoms in total. The highest BCUT2D eigenvalue weighted by Crippen LogP contribution is 2.41. The van der Waals surface area contributed by atoms with Gasteiger partial charge in [0.1, 0.15) is 5.54 Å². The van der Waals surface area contributed by atoms with Crippen molar-refractivity contribution in [2.75, 3.05) is 43.0 Å². The van der Waals surface area contributed by atoms with Gasteiger partial charge < -0.3 is 19.9 Å². The smallest absolute Gasteiger partial charge is 0.378 e. The molecule has 0 radical (unpaired) electrons. The lowest BCUT2D eigenvalue weighted by molar-refractivity contribution is -0.138. The summed E-state index contributed by atoms with van der Waals surface area (Å²) < 4.78 is 47.5. The average molecular weight is 810 g/mol. The van der Waals surface area contributed by atoms with Crippen molar-refractivity contribution in [2.24, 2.45) is 0 Å². The third-order valence-corrected chi connectivity index (χ3v) is 12.1. The van der Waals surface area contributed by atoms with E-state index in [0.717, 1.165) is 61.5 Å². The number of nitrogens with one attached hydrogen (secondary N) is 2. The van der Waals surface area contributed by atoms with Crippen LogP contribution in [0.5, 0.6) is 0 Å². The van der Waals surface area contributed by atoms with Gasteiger partial charge in [0.2, 0.25) is 17.7 Å². The summed E-state index contributed by atoms with van der Waals surface area (Å²) in [6.45, 7) is 11.0. The van der Waals surface area contributed by atoms with Gasteiger partial charge in [0, 0.05) is 56.5 Å². The predicted octanol–water partition coefficient (Wildman–Crippen LogP) is 5.56. The number of hydrogen-bond donors (Lipinski definition) is 2. The first-order valence-corrected chi connectivity index (χ1v) is 20.0. The van der Waals surface area contributed by atoms with Gasteiger partial charge in [-0.05, 0) is 114 Å². The predicted molar refractivity (Wildman–Crippen MR) is 211 cm³/mol. The van der Waals surface area contributed by atoms with E-state index in [1.165, 1.54) is 6.07 Å². The SMILES string of the molecule is C[C@@H]1CN(CCCOC2CCC(N3C(=S)N(c4ccc(C#N)c(C(F)(F)F)c4)C(=O)C3(C)C)CC2)C[C@H](C)N1CC(=O)Nc1cccc(C2CCC(=O)NC2=O)c1. The molecule has 3 saturated heterocycles. The van der Waals surface area contributed by atoms with Crippen molar-refractivity contribution in [3.8, 4) is 6.07 Å². The van der Waals surface area contributed by atoms with Crippen LogP contribution in [-0.2, 0) is 30.1 Å². The number of nitrogens with zero attached hydrogens (tertiary/aromatic N) is 5. The monoisotopic (exact) mass is 809 g/mol. The Balaban J connectivity index is 0.929. The molecule has 16 heteroatoms. The van der Waals surface area contributed by atoms with Crippen LogP contribution >= 0.6 is 12.2 Å². The summed E-state index contributed by atoms with van der Waals surface area (Å²) in [5.41, 5.74) is -1.31. The number of piperazine rings is 1. The molecule has 4 fully saturated rings. The fourth-order valence-corrected chi connectivity index (χ4v) is 9.40. The lowest BCUT2D eigenvalue weighted by Gasteiger charge is -2.44. The van der Waals surface area contributed by atoms with Crippen LogP contribution in [0.15, 0.2) is 42.5 Å². The van der Waals surface area contributed by atoms with Crippen molar-refractivity contribution in [3.05, 3.63) is 59.2 Å². The highest BCUT2D eigenvalue weighted by molar-refractivity contribution is 7.80. The molecule has 4 amide bonds. The number of piperidine rings is 1. The van der Waals surface area contributed by atoms with Crippen LogP contribution in [0.4, 0.5) is 24.5 Å². The van der Waals surface area contributed by atoms with Crippen molar-refractivity contribution in [2.45, 2.75) is 115 Å². The summed E-state index contributed by atoms with van der Waals surface area (Å²) in [4.78, 5) is 58.3. The minimum Gasteiger partial charge on any atom is -0.378 e. The number of thiocarbonyl (C=S) groups is 1. The molecule has 4 aliphatic rings. The number of carbonyl (C=O) groups excluding carboxylic acids is 4. The molecule has 306 valence electrons. The number of benzene rings is 2. The Bertz CT molecular complexity index is 1920. The minimum atomic E-state index is -4.76. The van der Waals surface area contributed by atoms with Gasteiger partial charge in [-0.15, -0.1) is 0 Å². The summed E-state index contributed by atoms with van der Waals surface area (Å²) in [5.74, 6) is -1.54. The Morgan fingerprint density at radius 3 is 2.39 bits per heavy atom. The first-order chi connectivity index (χ1) is 27.0. The second kappa shape index (κ2) is 17.2. The Kier molecular flexibility index (Phi) is 12.7. The van der Waals surface area contributed by atoms with Crippen LogP contribution < -0.4 is 15.5 Å². The summed E-state index contributed by atoms with van der Waals surface area (Å²) >= 11 is 5.73. The molecule has 0 bridgehead atoms. The van der Waals surface area contributed by atoms with Crippen molar-refractivity contribution >= 4 is 52.3 Å². The third-order valence-electron chi connectivity index (χ3n) is 11.7. The minimum absolute atomic E-state index is 0.00820. The zero-order chi connectivity index (χ0) is 41.2. The van der Waals surface area contributed by atoms with Gasteiger partial charge in [-0.2, -0.15) is 18.4 Å². The molecule has 6 rings (SSSR count). The highest BCUT2D eigenvalue weighted by atomic mass is 32.1. The number of carbonyl (C=O) groups is 4. The first kappa shape index (κ1) is 42.2. The number of amides is 4. The maximum atomic E-state index is 13.7. The molecule has 0 spiro atoms. The van der Waals surface area contributed by atoms with E-state index in [4.69, 9.17) is 17.0 Å². The summed E-state index contributed by atoms with van der Waals surface area (Å²) in [7, 11) is 0. The number of nitriles is 1. The van der Waals surface area contributed by atoms with Crippen molar-refractivity contribution in [1.29, 1.82) is 5.26 Å². The number of alkyl halides is 3. The summed E-state index contributed by atoms with van der Waals surface area (Å²) in [6.07, 6.45) is -0.172. The molecule has 2 aromatic rings. The molecule has 0 aromatic heterocycles. The van der Waals surface area contributed by atoms with E-state index in [2.05, 4.69) is 34.3 Å². The molecule has 3 heterocycles. The van der Waals surface area contributed by atoms with Gasteiger partial charge in [0.15, 0.2) is 5.11 Å². The second-order valence-corrected chi connectivity index (χ2v) is 16.5. The van der Waals surface area contributed by atoms with Crippen LogP contribution in [0, 0.1) is 11.3 Å². The van der Waals surface area contributed by atoms with Crippen LogP contribution in [0.2, 0.25) is 0 Å². The Morgan fingerprint density at radius 2 is 1.74 bits per heavy atom. The van der Waals surface area contributed by atoms with Crippen LogP contribution in [0.25, 0.3) is 0 Å². The van der Waals surface area contributed by atoms with Gasteiger partial charge in [0.25, 0.3) is 5.91 Å². The first-order valence-electron chi connectivity index (χ1n) is 19.6. The largest absolute Gasteiger partial charge is 0.417 e. The van der Waals surface area contributed by atoms with Gasteiger partial charge in [-0.3, -0.25) is 34.3 Å². The van der Waals surface area contributed by atoms with Crippen molar-refractivity contribution in [3.63, 3.8) is 0 Å². The van der Waals surface area contributed by atoms with Gasteiger partial charge in [-0.25, -0.2) is 0 Å². The summed E-state index contributed by atoms with van der Waals surface area (Å²) in [5, 5.41) is 14.7. The fourth-order valence-electron chi connectivity index (χ4n) is 8.83. The lowest BCUT2D eigenvalue weighted by atomic mass is 9.89. The maximum absolute atomic E-state index is 13.7. The molecule has 3 aliphatic heterocycles. The van der Waals surface area contributed by atoms with Crippen molar-refractivity contribution < 1.29 is 37.1 Å². The van der Waals surface area contributed by atoms with E-state index >= 15 is 0 Å². The third kappa shape index (κ3) is 9.33. The zero-order valence-electron chi connectivity index (χ0n) is 32.7. The number of imide groups is 1. The quantitative estimate of drug-likeness (QED) is 0.169. The van der Waals surface area contributed by atoms with E-state index < -0.39 is 34.7 Å². The number of anilines is 2. The second-order valence-electron chi connectivity index (χ2n) is 16.2. The molecule has 3 atom stereocenters. The fraction of sp³-hybridized carbons (Fsp3) is 0.561. The Labute approximate surface area is 336 Å². The van der Waals surface area contributed by atoms with Crippen LogP contribution in [0.1, 0.15) is 95.2 Å². The Morgan fingerprint density at radius 1 is 1.04 bits per heavy atom. The maximum Gasteiger partial charge on any atom is 0.417 e. The van der Waals surface area contributed by atoms with E-state index in [1.54, 1.807) is 38.1 Å². The van der Waals surface area contributed by atoms with E-state index in [1.807, 2.05) is 11.0 Å². The molecule has 57 heavy (non-hydrogen) atoms. The van der Waals surface area contributed by atoms with Gasteiger partial charge >= 0.3 is 6.18 Å². The molecule has 1 aliphatic carbocycles. The highest BCUT2D eigenvalue weighted by Gasteiger charge is 2.52. The van der Waals surface area contributed by atoms with Gasteiger partial charge in [-0.1, -0.05) is 12.1 Å². The number of halogens is 3.